The van der Waals surface area contributed by atoms with E-state index in [0.717, 1.165) is 12.3 Å². The number of benzene rings is 1. The molecule has 1 atom stereocenters. The maximum atomic E-state index is 13.8. The fourth-order valence-corrected chi connectivity index (χ4v) is 2.07. The van der Waals surface area contributed by atoms with E-state index in [-0.39, 0.29) is 17.8 Å². The lowest BCUT2D eigenvalue weighted by Crippen LogP contribution is -2.44. The topological polar surface area (TPSA) is 62.2 Å². The number of carbonyl (C=O) groups is 1. The van der Waals surface area contributed by atoms with E-state index in [1.54, 1.807) is 13.0 Å². The zero-order valence-corrected chi connectivity index (χ0v) is 11.3. The number of halogens is 2. The van der Waals surface area contributed by atoms with Gasteiger partial charge in [0.15, 0.2) is 5.54 Å². The van der Waals surface area contributed by atoms with Gasteiger partial charge in [-0.05, 0) is 30.7 Å². The first-order chi connectivity index (χ1) is 9.99. The monoisotopic (exact) mass is 292 g/mol. The van der Waals surface area contributed by atoms with Gasteiger partial charge in [0.2, 0.25) is 0 Å². The van der Waals surface area contributed by atoms with Gasteiger partial charge in [0, 0.05) is 0 Å². The first-order valence-corrected chi connectivity index (χ1v) is 6.37. The molecule has 0 aliphatic carbocycles. The smallest absolute Gasteiger partial charge is 0.335 e. The Balaban J connectivity index is 2.50. The van der Waals surface area contributed by atoms with Crippen molar-refractivity contribution in [1.82, 2.24) is 4.98 Å². The molecule has 0 saturated carbocycles. The molecule has 6 heteroatoms. The van der Waals surface area contributed by atoms with Crippen molar-refractivity contribution in [2.24, 2.45) is 0 Å². The van der Waals surface area contributed by atoms with Crippen molar-refractivity contribution in [2.75, 3.05) is 5.32 Å². The van der Waals surface area contributed by atoms with Crippen LogP contribution in [0.4, 0.5) is 14.5 Å². The van der Waals surface area contributed by atoms with E-state index < -0.39 is 23.1 Å². The molecular formula is C15H14F2N2O2. The van der Waals surface area contributed by atoms with Gasteiger partial charge in [0.25, 0.3) is 0 Å². The number of anilines is 1. The van der Waals surface area contributed by atoms with E-state index >= 15 is 0 Å². The van der Waals surface area contributed by atoms with Crippen LogP contribution in [0.3, 0.4) is 0 Å². The summed E-state index contributed by atoms with van der Waals surface area (Å²) in [6.07, 6.45) is 1.04. The molecule has 1 aromatic heterocycles. The van der Waals surface area contributed by atoms with Gasteiger partial charge in [-0.25, -0.2) is 13.6 Å². The molecule has 0 bridgehead atoms. The number of aliphatic carboxylic acids is 1. The molecule has 0 radical (unpaired) electrons. The van der Waals surface area contributed by atoms with Crippen LogP contribution in [0.25, 0.3) is 0 Å². The lowest BCUT2D eigenvalue weighted by atomic mass is 9.90. The number of rotatable bonds is 5. The fraction of sp³-hybridized carbons (Fsp3) is 0.200. The molecule has 0 saturated heterocycles. The van der Waals surface area contributed by atoms with Crippen molar-refractivity contribution in [2.45, 2.75) is 18.9 Å². The molecule has 0 fully saturated rings. The average Bonchev–Trinajstić information content (AvgIpc) is 2.47. The van der Waals surface area contributed by atoms with Gasteiger partial charge in [-0.1, -0.05) is 19.1 Å². The van der Waals surface area contributed by atoms with Crippen molar-refractivity contribution in [3.05, 3.63) is 59.9 Å². The normalized spacial score (nSPS) is 13.5. The quantitative estimate of drug-likeness (QED) is 0.888. The van der Waals surface area contributed by atoms with Crippen LogP contribution in [-0.2, 0) is 10.3 Å². The van der Waals surface area contributed by atoms with E-state index in [2.05, 4.69) is 10.3 Å². The van der Waals surface area contributed by atoms with Crippen molar-refractivity contribution in [1.29, 1.82) is 0 Å². The predicted octanol–water partition coefficient (Wildman–Crippen LogP) is 3.16. The van der Waals surface area contributed by atoms with E-state index in [1.807, 2.05) is 0 Å². The number of nitrogens with zero attached hydrogens (tertiary/aromatic N) is 1. The Kier molecular flexibility index (Phi) is 4.16. The third-order valence-corrected chi connectivity index (χ3v) is 3.28. The molecule has 21 heavy (non-hydrogen) atoms. The van der Waals surface area contributed by atoms with Crippen LogP contribution in [0.15, 0.2) is 42.6 Å². The minimum Gasteiger partial charge on any atom is -0.479 e. The van der Waals surface area contributed by atoms with Gasteiger partial charge in [-0.3, -0.25) is 4.98 Å². The highest BCUT2D eigenvalue weighted by molar-refractivity contribution is 5.84. The molecule has 0 spiro atoms. The molecule has 2 aromatic rings. The minimum atomic E-state index is -1.63. The molecule has 0 aliphatic heterocycles. The summed E-state index contributed by atoms with van der Waals surface area (Å²) in [5.74, 6) is -2.36. The van der Waals surface area contributed by atoms with Crippen LogP contribution in [0.2, 0.25) is 0 Å². The number of nitrogens with one attached hydrogen (secondary N) is 1. The Morgan fingerprint density at radius 3 is 2.52 bits per heavy atom. The van der Waals surface area contributed by atoms with Crippen molar-refractivity contribution < 1.29 is 18.7 Å². The Morgan fingerprint density at radius 1 is 1.29 bits per heavy atom. The van der Waals surface area contributed by atoms with Crippen LogP contribution >= 0.6 is 0 Å². The van der Waals surface area contributed by atoms with Gasteiger partial charge in [0.05, 0.1) is 17.6 Å². The molecular weight excluding hydrogens is 278 g/mol. The molecule has 0 aliphatic rings. The van der Waals surface area contributed by atoms with E-state index in [4.69, 9.17) is 0 Å². The summed E-state index contributed by atoms with van der Waals surface area (Å²) < 4.78 is 26.7. The number of carboxylic acids is 1. The molecule has 110 valence electrons. The standard InChI is InChI=1S/C15H14F2N2O2/c1-2-15(14(20)21,13-8-7-10(16)9-18-13)19-12-6-4-3-5-11(12)17/h3-9,19H,2H2,1H3,(H,20,21). The first-order valence-electron chi connectivity index (χ1n) is 6.37. The fourth-order valence-electron chi connectivity index (χ4n) is 2.07. The maximum absolute atomic E-state index is 13.8. The lowest BCUT2D eigenvalue weighted by molar-refractivity contribution is -0.143. The molecule has 2 N–H and O–H groups in total. The summed E-state index contributed by atoms with van der Waals surface area (Å²) in [6, 6.07) is 8.16. The van der Waals surface area contributed by atoms with Crippen LogP contribution in [-0.4, -0.2) is 16.1 Å². The van der Waals surface area contributed by atoms with Gasteiger partial charge in [0.1, 0.15) is 11.6 Å². The highest BCUT2D eigenvalue weighted by Gasteiger charge is 2.40. The van der Waals surface area contributed by atoms with Gasteiger partial charge >= 0.3 is 5.97 Å². The van der Waals surface area contributed by atoms with Crippen molar-refractivity contribution >= 4 is 11.7 Å². The molecule has 1 unspecified atom stereocenters. The highest BCUT2D eigenvalue weighted by Crippen LogP contribution is 2.30. The zero-order valence-electron chi connectivity index (χ0n) is 11.3. The second kappa shape index (κ2) is 5.87. The summed E-state index contributed by atoms with van der Waals surface area (Å²) in [6.45, 7) is 1.63. The number of carboxylic acid groups (broad SMARTS) is 1. The highest BCUT2D eigenvalue weighted by atomic mass is 19.1. The minimum absolute atomic E-state index is 0.0490. The Hall–Kier alpha value is -2.50. The molecule has 1 heterocycles. The molecule has 2 rings (SSSR count). The largest absolute Gasteiger partial charge is 0.479 e. The maximum Gasteiger partial charge on any atom is 0.335 e. The SMILES string of the molecule is CCC(Nc1ccccc1F)(C(=O)O)c1ccc(F)cn1. The number of pyridine rings is 1. The van der Waals surface area contributed by atoms with Gasteiger partial charge in [-0.15, -0.1) is 0 Å². The Labute approximate surface area is 120 Å². The summed E-state index contributed by atoms with van der Waals surface area (Å²) >= 11 is 0. The average molecular weight is 292 g/mol. The van der Waals surface area contributed by atoms with E-state index in [9.17, 15) is 18.7 Å². The summed E-state index contributed by atoms with van der Waals surface area (Å²) in [4.78, 5) is 15.6. The Bertz CT molecular complexity index is 646. The Morgan fingerprint density at radius 2 is 2.00 bits per heavy atom. The zero-order chi connectivity index (χ0) is 15.5. The van der Waals surface area contributed by atoms with Crippen LogP contribution in [0, 0.1) is 11.6 Å². The number of aromatic nitrogens is 1. The van der Waals surface area contributed by atoms with Crippen LogP contribution < -0.4 is 5.32 Å². The second-order valence-electron chi connectivity index (χ2n) is 4.53. The van der Waals surface area contributed by atoms with E-state index in [0.29, 0.717) is 0 Å². The third kappa shape index (κ3) is 2.84. The number of hydrogen-bond donors (Lipinski definition) is 2. The summed E-state index contributed by atoms with van der Waals surface area (Å²) in [5, 5.41) is 12.3. The third-order valence-electron chi connectivity index (χ3n) is 3.28. The number of hydrogen-bond acceptors (Lipinski definition) is 3. The lowest BCUT2D eigenvalue weighted by Gasteiger charge is -2.30. The van der Waals surface area contributed by atoms with Crippen molar-refractivity contribution in [3.8, 4) is 0 Å². The van der Waals surface area contributed by atoms with E-state index in [1.165, 1.54) is 24.3 Å². The number of para-hydroxylation sites is 1. The first kappa shape index (κ1) is 14.9. The molecule has 0 amide bonds. The summed E-state index contributed by atoms with van der Waals surface area (Å²) in [5.41, 5.74) is -1.47. The molecule has 4 nitrogen and oxygen atoms in total. The van der Waals surface area contributed by atoms with Crippen LogP contribution in [0.1, 0.15) is 19.0 Å². The van der Waals surface area contributed by atoms with Gasteiger partial charge in [-0.2, -0.15) is 0 Å². The van der Waals surface area contributed by atoms with Crippen LogP contribution in [0.5, 0.6) is 0 Å². The predicted molar refractivity (Wildman–Crippen MR) is 73.8 cm³/mol. The second-order valence-corrected chi connectivity index (χ2v) is 4.53. The molecule has 1 aromatic carbocycles. The van der Waals surface area contributed by atoms with Gasteiger partial charge < -0.3 is 10.4 Å². The summed E-state index contributed by atoms with van der Waals surface area (Å²) in [7, 11) is 0. The van der Waals surface area contributed by atoms with Crippen molar-refractivity contribution in [3.63, 3.8) is 0 Å².